The number of allylic oxidation sites excluding steroid dienone is 1. The van der Waals surface area contributed by atoms with Crippen LogP contribution in [0.2, 0.25) is 5.02 Å². The quantitative estimate of drug-likeness (QED) is 0.327. The number of hydrogen-bond acceptors (Lipinski definition) is 6. The molecule has 1 saturated heterocycles. The van der Waals surface area contributed by atoms with Crippen LogP contribution in [-0.2, 0) is 9.53 Å². The van der Waals surface area contributed by atoms with Crippen LogP contribution in [0.3, 0.4) is 0 Å². The van der Waals surface area contributed by atoms with Gasteiger partial charge in [0.2, 0.25) is 5.91 Å². The lowest BCUT2D eigenvalue weighted by molar-refractivity contribution is -0.111. The van der Waals surface area contributed by atoms with Crippen molar-refractivity contribution < 1.29 is 18.7 Å². The van der Waals surface area contributed by atoms with Gasteiger partial charge in [-0.1, -0.05) is 33.6 Å². The Morgan fingerprint density at radius 2 is 2.22 bits per heavy atom. The number of benzene rings is 2. The van der Waals surface area contributed by atoms with Crippen molar-refractivity contribution in [2.75, 3.05) is 29.2 Å². The Hall–Kier alpha value is -2.75. The molecule has 4 rings (SSSR count). The maximum Gasteiger partial charge on any atom is 0.248 e. The molecule has 166 valence electrons. The van der Waals surface area contributed by atoms with E-state index in [0.29, 0.717) is 52.4 Å². The van der Waals surface area contributed by atoms with Crippen LogP contribution in [0, 0.1) is 5.82 Å². The Morgan fingerprint density at radius 1 is 1.34 bits per heavy atom. The summed E-state index contributed by atoms with van der Waals surface area (Å²) < 4.78 is 25.0. The number of aromatic nitrogens is 2. The van der Waals surface area contributed by atoms with E-state index in [0.717, 1.165) is 6.42 Å². The molecule has 7 nitrogen and oxygen atoms in total. The number of carbonyl (C=O) groups excluding carboxylic acids is 1. The molecule has 0 saturated carbocycles. The molecule has 1 aromatic heterocycles. The van der Waals surface area contributed by atoms with Gasteiger partial charge in [0.15, 0.2) is 0 Å². The lowest BCUT2D eigenvalue weighted by atomic mass is 10.1. The second kappa shape index (κ2) is 10.2. The summed E-state index contributed by atoms with van der Waals surface area (Å²) in [7, 11) is 0. The van der Waals surface area contributed by atoms with E-state index in [4.69, 9.17) is 21.1 Å². The van der Waals surface area contributed by atoms with Crippen molar-refractivity contribution in [1.29, 1.82) is 0 Å². The van der Waals surface area contributed by atoms with Gasteiger partial charge >= 0.3 is 0 Å². The summed E-state index contributed by atoms with van der Waals surface area (Å²) in [5.41, 5.74) is 1.65. The zero-order chi connectivity index (χ0) is 22.5. The number of fused-ring (bicyclic) bond motifs is 1. The Bertz CT molecular complexity index is 1170. The zero-order valence-electron chi connectivity index (χ0n) is 16.8. The van der Waals surface area contributed by atoms with Gasteiger partial charge in [-0.2, -0.15) is 0 Å². The number of carbonyl (C=O) groups is 1. The van der Waals surface area contributed by atoms with E-state index in [1.54, 1.807) is 24.3 Å². The Balaban J connectivity index is 1.72. The number of anilines is 3. The summed E-state index contributed by atoms with van der Waals surface area (Å²) in [6, 6.07) is 7.79. The number of nitrogens with one attached hydrogen (secondary N) is 2. The fourth-order valence-electron chi connectivity index (χ4n) is 3.20. The third-order valence-electron chi connectivity index (χ3n) is 4.72. The largest absolute Gasteiger partial charge is 0.486 e. The molecule has 2 heterocycles. The highest BCUT2D eigenvalue weighted by atomic mass is 79.9. The third-order valence-corrected chi connectivity index (χ3v) is 5.38. The molecule has 0 radical (unpaired) electrons. The Morgan fingerprint density at radius 3 is 2.97 bits per heavy atom. The molecule has 1 amide bonds. The minimum absolute atomic E-state index is 0.00522. The van der Waals surface area contributed by atoms with Crippen molar-refractivity contribution in [3.05, 3.63) is 59.7 Å². The number of nitrogens with zero attached hydrogens (tertiary/aromatic N) is 2. The summed E-state index contributed by atoms with van der Waals surface area (Å²) in [4.78, 5) is 21.0. The lowest BCUT2D eigenvalue weighted by Crippen LogP contribution is -2.18. The summed E-state index contributed by atoms with van der Waals surface area (Å²) >= 11 is 9.15. The van der Waals surface area contributed by atoms with Crippen molar-refractivity contribution in [3.63, 3.8) is 0 Å². The molecule has 0 aliphatic carbocycles. The minimum Gasteiger partial charge on any atom is -0.486 e. The van der Waals surface area contributed by atoms with Crippen LogP contribution < -0.4 is 15.4 Å². The van der Waals surface area contributed by atoms with Gasteiger partial charge in [0, 0.05) is 35.0 Å². The average molecular weight is 522 g/mol. The van der Waals surface area contributed by atoms with Crippen molar-refractivity contribution in [2.24, 2.45) is 0 Å². The highest BCUT2D eigenvalue weighted by Crippen LogP contribution is 2.35. The number of amides is 1. The van der Waals surface area contributed by atoms with Crippen LogP contribution in [0.1, 0.15) is 6.42 Å². The maximum atomic E-state index is 13.5. The van der Waals surface area contributed by atoms with Crippen molar-refractivity contribution in [3.8, 4) is 5.75 Å². The standard InChI is InChI=1S/C22H19BrClFN4O3/c23-6-1-2-21(30)29-19-9-15-18(10-20(19)32-14-5-7-31-11-14)26-12-27-22(15)28-13-3-4-17(25)16(24)8-13/h1-4,8-10,12,14H,5-7,11H2,(H,29,30)(H,26,27,28). The summed E-state index contributed by atoms with van der Waals surface area (Å²) in [6.07, 6.45) is 5.19. The molecule has 3 aromatic rings. The molecule has 1 aliphatic rings. The van der Waals surface area contributed by atoms with Crippen molar-refractivity contribution in [1.82, 2.24) is 9.97 Å². The number of ether oxygens (including phenoxy) is 2. The van der Waals surface area contributed by atoms with Gasteiger partial charge < -0.3 is 20.1 Å². The molecular formula is C22H19BrClFN4O3. The smallest absolute Gasteiger partial charge is 0.248 e. The topological polar surface area (TPSA) is 85.4 Å². The van der Waals surface area contributed by atoms with Gasteiger partial charge in [-0.15, -0.1) is 0 Å². The first-order chi connectivity index (χ1) is 15.5. The molecule has 10 heteroatoms. The highest BCUT2D eigenvalue weighted by Gasteiger charge is 2.20. The first-order valence-corrected chi connectivity index (χ1v) is 11.3. The first kappa shape index (κ1) is 22.4. The van der Waals surface area contributed by atoms with Crippen LogP contribution >= 0.6 is 27.5 Å². The van der Waals surface area contributed by atoms with Crippen molar-refractivity contribution in [2.45, 2.75) is 12.5 Å². The van der Waals surface area contributed by atoms with Crippen molar-refractivity contribution >= 4 is 61.5 Å². The summed E-state index contributed by atoms with van der Waals surface area (Å²) in [5, 5.41) is 7.17. The normalized spacial score (nSPS) is 15.9. The fraction of sp³-hybridized carbons (Fsp3) is 0.227. The van der Waals surface area contributed by atoms with Gasteiger partial charge in [-0.3, -0.25) is 4.79 Å². The fourth-order valence-corrected chi connectivity index (χ4v) is 3.57. The molecule has 1 fully saturated rings. The minimum atomic E-state index is -0.510. The Kier molecular flexibility index (Phi) is 7.19. The number of alkyl halides is 1. The van der Waals surface area contributed by atoms with E-state index in [1.807, 2.05) is 0 Å². The van der Waals surface area contributed by atoms with Gasteiger partial charge in [-0.25, -0.2) is 14.4 Å². The zero-order valence-corrected chi connectivity index (χ0v) is 19.1. The van der Waals surface area contributed by atoms with Crippen LogP contribution in [-0.4, -0.2) is 40.5 Å². The van der Waals surface area contributed by atoms with Gasteiger partial charge in [-0.05, 0) is 24.3 Å². The van der Waals surface area contributed by atoms with E-state index in [9.17, 15) is 9.18 Å². The maximum absolute atomic E-state index is 13.5. The van der Waals surface area contributed by atoms with Gasteiger partial charge in [0.1, 0.15) is 29.8 Å². The third kappa shape index (κ3) is 5.35. The summed E-state index contributed by atoms with van der Waals surface area (Å²) in [5.74, 6) is 0.153. The van der Waals surface area contributed by atoms with Crippen LogP contribution in [0.15, 0.2) is 48.8 Å². The molecule has 32 heavy (non-hydrogen) atoms. The Labute approximate surface area is 197 Å². The van der Waals surface area contributed by atoms with E-state index in [-0.39, 0.29) is 17.0 Å². The van der Waals surface area contributed by atoms with E-state index in [2.05, 4.69) is 36.5 Å². The number of rotatable bonds is 7. The highest BCUT2D eigenvalue weighted by molar-refractivity contribution is 9.09. The molecule has 1 aliphatic heterocycles. The van der Waals surface area contributed by atoms with E-state index in [1.165, 1.54) is 24.5 Å². The average Bonchev–Trinajstić information content (AvgIpc) is 3.29. The molecule has 1 unspecified atom stereocenters. The van der Waals surface area contributed by atoms with E-state index >= 15 is 0 Å². The van der Waals surface area contributed by atoms with Crippen LogP contribution in [0.5, 0.6) is 5.75 Å². The lowest BCUT2D eigenvalue weighted by Gasteiger charge is -2.17. The molecular weight excluding hydrogens is 503 g/mol. The summed E-state index contributed by atoms with van der Waals surface area (Å²) in [6.45, 7) is 1.11. The molecule has 0 bridgehead atoms. The molecule has 2 aromatic carbocycles. The predicted octanol–water partition coefficient (Wildman–Crippen LogP) is 5.22. The number of hydrogen-bond donors (Lipinski definition) is 2. The van der Waals surface area contributed by atoms with Gasteiger partial charge in [0.05, 0.1) is 29.4 Å². The monoisotopic (exact) mass is 520 g/mol. The SMILES string of the molecule is O=C(C=CCBr)Nc1cc2c(Nc3ccc(F)c(Cl)c3)ncnc2cc1OC1CCOC1. The van der Waals surface area contributed by atoms with E-state index < -0.39 is 5.82 Å². The van der Waals surface area contributed by atoms with Crippen LogP contribution in [0.25, 0.3) is 10.9 Å². The second-order valence-electron chi connectivity index (χ2n) is 6.99. The second-order valence-corrected chi connectivity index (χ2v) is 8.05. The predicted molar refractivity (Wildman–Crippen MR) is 126 cm³/mol. The molecule has 2 N–H and O–H groups in total. The van der Waals surface area contributed by atoms with Crippen LogP contribution in [0.4, 0.5) is 21.6 Å². The van der Waals surface area contributed by atoms with Gasteiger partial charge in [0.25, 0.3) is 0 Å². The number of halogens is 3. The molecule has 0 spiro atoms. The molecule has 1 atom stereocenters. The first-order valence-electron chi connectivity index (χ1n) is 9.82.